The molecule has 0 radical (unpaired) electrons. The first kappa shape index (κ1) is 19.4. The lowest BCUT2D eigenvalue weighted by molar-refractivity contribution is -0.147. The van der Waals surface area contributed by atoms with Gasteiger partial charge in [0.25, 0.3) is 5.91 Å². The Balaban J connectivity index is 2.15. The number of esters is 2. The van der Waals surface area contributed by atoms with Crippen LogP contribution in [-0.4, -0.2) is 31.1 Å². The molecule has 0 saturated carbocycles. The van der Waals surface area contributed by atoms with Crippen LogP contribution in [0.4, 0.5) is 5.69 Å². The topological polar surface area (TPSA) is 72.9 Å². The van der Waals surface area contributed by atoms with E-state index in [2.05, 4.69) is 0 Å². The Morgan fingerprint density at radius 3 is 1.86 bits per heavy atom. The third-order valence-electron chi connectivity index (χ3n) is 4.36. The number of anilines is 1. The van der Waals surface area contributed by atoms with Crippen LogP contribution in [0.15, 0.2) is 71.8 Å². The predicted molar refractivity (Wildman–Crippen MR) is 103 cm³/mol. The van der Waals surface area contributed by atoms with Crippen LogP contribution < -0.4 is 4.90 Å². The standard InChI is InChI=1S/C22H21NO5/c1-3-27-21(25)18(22(26)28-4-2)17-19(15-11-7-5-8-12-15)23(20(17)24)16-13-9-6-10-14-16/h5-14,19H,3-4H2,1-2H3. The Hall–Kier alpha value is -3.41. The zero-order valence-corrected chi connectivity index (χ0v) is 15.8. The first-order valence-corrected chi connectivity index (χ1v) is 9.12. The monoisotopic (exact) mass is 379 g/mol. The molecule has 0 aromatic heterocycles. The first-order valence-electron chi connectivity index (χ1n) is 9.12. The normalized spacial score (nSPS) is 15.6. The van der Waals surface area contributed by atoms with Crippen molar-refractivity contribution >= 4 is 23.5 Å². The fourth-order valence-electron chi connectivity index (χ4n) is 3.19. The quantitative estimate of drug-likeness (QED) is 0.253. The maximum Gasteiger partial charge on any atom is 0.346 e. The fourth-order valence-corrected chi connectivity index (χ4v) is 3.19. The summed E-state index contributed by atoms with van der Waals surface area (Å²) in [5, 5.41) is 0. The number of ether oxygens (including phenoxy) is 2. The van der Waals surface area contributed by atoms with Crippen molar-refractivity contribution in [2.75, 3.05) is 18.1 Å². The van der Waals surface area contributed by atoms with Crippen molar-refractivity contribution in [1.82, 2.24) is 0 Å². The van der Waals surface area contributed by atoms with Crippen LogP contribution in [0.2, 0.25) is 0 Å². The lowest BCUT2D eigenvalue weighted by Crippen LogP contribution is -2.51. The van der Waals surface area contributed by atoms with Gasteiger partial charge in [-0.25, -0.2) is 9.59 Å². The van der Waals surface area contributed by atoms with E-state index < -0.39 is 23.9 Å². The molecule has 144 valence electrons. The van der Waals surface area contributed by atoms with E-state index in [1.807, 2.05) is 48.5 Å². The van der Waals surface area contributed by atoms with Crippen LogP contribution in [0, 0.1) is 0 Å². The Bertz CT molecular complexity index is 885. The molecule has 6 nitrogen and oxygen atoms in total. The van der Waals surface area contributed by atoms with E-state index in [0.717, 1.165) is 5.56 Å². The average molecular weight is 379 g/mol. The molecule has 1 aliphatic rings. The number of hydrogen-bond acceptors (Lipinski definition) is 5. The molecule has 1 amide bonds. The van der Waals surface area contributed by atoms with Crippen molar-refractivity contribution in [3.63, 3.8) is 0 Å². The van der Waals surface area contributed by atoms with Crippen LogP contribution >= 0.6 is 0 Å². The predicted octanol–water partition coefficient (Wildman–Crippen LogP) is 3.20. The SMILES string of the molecule is CCOC(=O)C(C(=O)OCC)=C1C(=O)N(c2ccccc2)C1c1ccccc1. The molecule has 3 rings (SSSR count). The number of rotatable bonds is 6. The summed E-state index contributed by atoms with van der Waals surface area (Å²) in [7, 11) is 0. The molecule has 0 spiro atoms. The molecule has 6 heteroatoms. The Labute approximate surface area is 163 Å². The van der Waals surface area contributed by atoms with Gasteiger partial charge in [-0.3, -0.25) is 9.69 Å². The molecule has 2 aromatic carbocycles. The van der Waals surface area contributed by atoms with Gasteiger partial charge in [0.2, 0.25) is 0 Å². The van der Waals surface area contributed by atoms with Gasteiger partial charge in [0.05, 0.1) is 24.8 Å². The van der Waals surface area contributed by atoms with Crippen LogP contribution in [0.5, 0.6) is 0 Å². The molecule has 2 aromatic rings. The van der Waals surface area contributed by atoms with Crippen molar-refractivity contribution in [3.05, 3.63) is 77.4 Å². The highest BCUT2D eigenvalue weighted by atomic mass is 16.6. The van der Waals surface area contributed by atoms with Gasteiger partial charge in [-0.15, -0.1) is 0 Å². The second-order valence-corrected chi connectivity index (χ2v) is 6.05. The molecule has 1 atom stereocenters. The van der Waals surface area contributed by atoms with E-state index in [1.54, 1.807) is 30.9 Å². The first-order chi connectivity index (χ1) is 13.6. The van der Waals surface area contributed by atoms with E-state index >= 15 is 0 Å². The summed E-state index contributed by atoms with van der Waals surface area (Å²) in [5.74, 6) is -2.12. The van der Waals surface area contributed by atoms with Gasteiger partial charge < -0.3 is 9.47 Å². The third kappa shape index (κ3) is 3.53. The van der Waals surface area contributed by atoms with Gasteiger partial charge in [0.15, 0.2) is 5.57 Å². The van der Waals surface area contributed by atoms with Crippen molar-refractivity contribution in [1.29, 1.82) is 0 Å². The zero-order valence-electron chi connectivity index (χ0n) is 15.8. The van der Waals surface area contributed by atoms with E-state index in [4.69, 9.17) is 9.47 Å². The van der Waals surface area contributed by atoms with Crippen LogP contribution in [0.25, 0.3) is 0 Å². The third-order valence-corrected chi connectivity index (χ3v) is 4.36. The summed E-state index contributed by atoms with van der Waals surface area (Å²) in [5.41, 5.74) is 1.21. The summed E-state index contributed by atoms with van der Waals surface area (Å²) in [6.07, 6.45) is 0. The highest BCUT2D eigenvalue weighted by molar-refractivity contribution is 6.26. The molecule has 0 bridgehead atoms. The van der Waals surface area contributed by atoms with Crippen LogP contribution in [-0.2, 0) is 23.9 Å². The molecule has 1 aliphatic heterocycles. The second-order valence-electron chi connectivity index (χ2n) is 6.05. The van der Waals surface area contributed by atoms with Crippen molar-refractivity contribution < 1.29 is 23.9 Å². The number of carbonyl (C=O) groups excluding carboxylic acids is 3. The van der Waals surface area contributed by atoms with E-state index in [-0.39, 0.29) is 24.4 Å². The number of amides is 1. The molecular weight excluding hydrogens is 358 g/mol. The molecule has 28 heavy (non-hydrogen) atoms. The molecule has 1 unspecified atom stereocenters. The largest absolute Gasteiger partial charge is 0.462 e. The Morgan fingerprint density at radius 1 is 0.857 bits per heavy atom. The summed E-state index contributed by atoms with van der Waals surface area (Å²) >= 11 is 0. The minimum atomic E-state index is -0.849. The highest BCUT2D eigenvalue weighted by Gasteiger charge is 2.49. The molecule has 1 heterocycles. The Morgan fingerprint density at radius 2 is 1.36 bits per heavy atom. The van der Waals surface area contributed by atoms with Crippen molar-refractivity contribution in [2.24, 2.45) is 0 Å². The average Bonchev–Trinajstić information content (AvgIpc) is 2.71. The molecule has 0 N–H and O–H groups in total. The lowest BCUT2D eigenvalue weighted by atomic mass is 9.84. The fraction of sp³-hybridized carbons (Fsp3) is 0.227. The number of para-hydroxylation sites is 1. The van der Waals surface area contributed by atoms with E-state index in [1.165, 1.54) is 0 Å². The maximum absolute atomic E-state index is 13.1. The summed E-state index contributed by atoms with van der Waals surface area (Å²) in [4.78, 5) is 39.6. The molecule has 1 fully saturated rings. The minimum absolute atomic E-state index is 0.0849. The molecular formula is C22H21NO5. The molecule has 1 saturated heterocycles. The van der Waals surface area contributed by atoms with Gasteiger partial charge in [-0.1, -0.05) is 48.5 Å². The minimum Gasteiger partial charge on any atom is -0.462 e. The van der Waals surface area contributed by atoms with Gasteiger partial charge in [0, 0.05) is 5.69 Å². The number of benzene rings is 2. The number of nitrogens with zero attached hydrogens (tertiary/aromatic N) is 1. The van der Waals surface area contributed by atoms with E-state index in [0.29, 0.717) is 5.69 Å². The highest BCUT2D eigenvalue weighted by Crippen LogP contribution is 2.44. The number of hydrogen-bond donors (Lipinski definition) is 0. The Kier molecular flexibility index (Phi) is 5.89. The van der Waals surface area contributed by atoms with Gasteiger partial charge in [0.1, 0.15) is 0 Å². The van der Waals surface area contributed by atoms with E-state index in [9.17, 15) is 14.4 Å². The van der Waals surface area contributed by atoms with Gasteiger partial charge in [-0.2, -0.15) is 0 Å². The van der Waals surface area contributed by atoms with Gasteiger partial charge in [-0.05, 0) is 31.5 Å². The zero-order chi connectivity index (χ0) is 20.1. The number of carbonyl (C=O) groups is 3. The van der Waals surface area contributed by atoms with Crippen molar-refractivity contribution in [2.45, 2.75) is 19.9 Å². The summed E-state index contributed by atoms with van der Waals surface area (Å²) in [6, 6.07) is 17.8. The summed E-state index contributed by atoms with van der Waals surface area (Å²) in [6.45, 7) is 3.45. The smallest absolute Gasteiger partial charge is 0.346 e. The van der Waals surface area contributed by atoms with Crippen LogP contribution in [0.1, 0.15) is 25.5 Å². The van der Waals surface area contributed by atoms with Crippen molar-refractivity contribution in [3.8, 4) is 0 Å². The molecule has 0 aliphatic carbocycles. The second kappa shape index (κ2) is 8.52. The van der Waals surface area contributed by atoms with Gasteiger partial charge >= 0.3 is 11.9 Å². The maximum atomic E-state index is 13.1. The number of β-lactam (4-membered cyclic amide) rings is 1. The van der Waals surface area contributed by atoms with Crippen LogP contribution in [0.3, 0.4) is 0 Å². The lowest BCUT2D eigenvalue weighted by Gasteiger charge is -2.43. The summed E-state index contributed by atoms with van der Waals surface area (Å²) < 4.78 is 10.1.